The molecule has 0 bridgehead atoms. The molecule has 2 aliphatic heterocycles. The van der Waals surface area contributed by atoms with Crippen LogP contribution in [0.25, 0.3) is 11.1 Å². The summed E-state index contributed by atoms with van der Waals surface area (Å²) in [5.41, 5.74) is 8.91. The molecule has 4 rings (SSSR count). The highest BCUT2D eigenvalue weighted by molar-refractivity contribution is 5.90. The summed E-state index contributed by atoms with van der Waals surface area (Å²) >= 11 is 0. The van der Waals surface area contributed by atoms with E-state index in [0.717, 1.165) is 23.5 Å². The third kappa shape index (κ3) is 3.72. The van der Waals surface area contributed by atoms with Gasteiger partial charge in [0.1, 0.15) is 11.9 Å². The highest BCUT2D eigenvalue weighted by Crippen LogP contribution is 2.51. The van der Waals surface area contributed by atoms with Crippen molar-refractivity contribution in [2.75, 3.05) is 19.1 Å². The first kappa shape index (κ1) is 22.5. The van der Waals surface area contributed by atoms with Crippen LogP contribution < -0.4 is 4.90 Å². The lowest BCUT2D eigenvalue weighted by Gasteiger charge is -2.44. The summed E-state index contributed by atoms with van der Waals surface area (Å²) in [4.78, 5) is 2.39. The van der Waals surface area contributed by atoms with Gasteiger partial charge in [0, 0.05) is 35.4 Å². The molecule has 0 radical (unpaired) electrons. The maximum absolute atomic E-state index is 6.78. The third-order valence-corrected chi connectivity index (χ3v) is 7.36. The predicted octanol–water partition coefficient (Wildman–Crippen LogP) is 7.58. The van der Waals surface area contributed by atoms with E-state index in [9.17, 15) is 0 Å². The molecule has 2 heterocycles. The second kappa shape index (κ2) is 8.35. The van der Waals surface area contributed by atoms with Crippen molar-refractivity contribution in [2.45, 2.75) is 65.5 Å². The first-order valence-corrected chi connectivity index (χ1v) is 11.7. The van der Waals surface area contributed by atoms with Crippen molar-refractivity contribution < 1.29 is 9.47 Å². The number of hydrogen-bond donors (Lipinski definition) is 0. The van der Waals surface area contributed by atoms with E-state index in [-0.39, 0.29) is 11.6 Å². The Kier molecular flexibility index (Phi) is 5.87. The molecule has 1 aromatic carbocycles. The second-order valence-electron chi connectivity index (χ2n) is 10.0. The molecule has 1 aliphatic carbocycles. The minimum atomic E-state index is -0.0326. The lowest BCUT2D eigenvalue weighted by Crippen LogP contribution is -2.42. The average Bonchev–Trinajstić information content (AvgIpc) is 2.76. The molecule has 0 saturated carbocycles. The Balaban J connectivity index is 2.02. The molecular weight excluding hydrogens is 394 g/mol. The zero-order valence-electron chi connectivity index (χ0n) is 20.7. The molecule has 0 N–H and O–H groups in total. The summed E-state index contributed by atoms with van der Waals surface area (Å²) in [5.74, 6) is 2.04. The SMILES string of the molecule is C=CC1=C(/C=C(\C)OC)c2ccc3c(c2C(C2C=C(C)CCC2)O1)C(C)=CC(C)(C)N3C. The summed E-state index contributed by atoms with van der Waals surface area (Å²) < 4.78 is 12.3. The van der Waals surface area contributed by atoms with Gasteiger partial charge in [0.25, 0.3) is 0 Å². The molecule has 0 fully saturated rings. The quantitative estimate of drug-likeness (QED) is 0.362. The summed E-state index contributed by atoms with van der Waals surface area (Å²) in [6.07, 6.45) is 12.3. The van der Waals surface area contributed by atoms with Gasteiger partial charge < -0.3 is 14.4 Å². The number of rotatable bonds is 4. The summed E-state index contributed by atoms with van der Waals surface area (Å²) in [6, 6.07) is 4.54. The fourth-order valence-electron chi connectivity index (χ4n) is 5.49. The van der Waals surface area contributed by atoms with Gasteiger partial charge in [-0.1, -0.05) is 30.4 Å². The van der Waals surface area contributed by atoms with Crippen LogP contribution in [0.2, 0.25) is 0 Å². The van der Waals surface area contributed by atoms with Crippen LogP contribution in [0.1, 0.15) is 76.7 Å². The predicted molar refractivity (Wildman–Crippen MR) is 135 cm³/mol. The van der Waals surface area contributed by atoms with Crippen LogP contribution in [-0.4, -0.2) is 19.7 Å². The van der Waals surface area contributed by atoms with Crippen molar-refractivity contribution in [1.82, 2.24) is 0 Å². The highest BCUT2D eigenvalue weighted by Gasteiger charge is 2.39. The fourth-order valence-corrected chi connectivity index (χ4v) is 5.49. The van der Waals surface area contributed by atoms with Gasteiger partial charge in [-0.05, 0) is 83.2 Å². The molecule has 170 valence electrons. The van der Waals surface area contributed by atoms with Crippen LogP contribution in [0.15, 0.2) is 60.1 Å². The third-order valence-electron chi connectivity index (χ3n) is 7.36. The van der Waals surface area contributed by atoms with E-state index in [1.165, 1.54) is 46.4 Å². The minimum Gasteiger partial charge on any atom is -0.501 e. The number of hydrogen-bond acceptors (Lipinski definition) is 3. The fraction of sp³-hybridized carbons (Fsp3) is 0.448. The van der Waals surface area contributed by atoms with E-state index in [1.54, 1.807) is 7.11 Å². The van der Waals surface area contributed by atoms with Crippen LogP contribution in [0.3, 0.4) is 0 Å². The zero-order valence-corrected chi connectivity index (χ0v) is 20.7. The van der Waals surface area contributed by atoms with Crippen molar-refractivity contribution in [3.8, 4) is 0 Å². The van der Waals surface area contributed by atoms with Crippen LogP contribution >= 0.6 is 0 Å². The summed E-state index contributed by atoms with van der Waals surface area (Å²) in [5, 5.41) is 0. The van der Waals surface area contributed by atoms with Crippen molar-refractivity contribution in [2.24, 2.45) is 5.92 Å². The molecule has 3 heteroatoms. The number of anilines is 1. The summed E-state index contributed by atoms with van der Waals surface area (Å²) in [6.45, 7) is 15.1. The van der Waals surface area contributed by atoms with Gasteiger partial charge in [-0.15, -0.1) is 0 Å². The molecule has 3 aliphatic rings. The monoisotopic (exact) mass is 431 g/mol. The van der Waals surface area contributed by atoms with Crippen molar-refractivity contribution in [1.29, 1.82) is 0 Å². The topological polar surface area (TPSA) is 21.7 Å². The molecule has 32 heavy (non-hydrogen) atoms. The van der Waals surface area contributed by atoms with Crippen LogP contribution in [0, 0.1) is 5.92 Å². The van der Waals surface area contributed by atoms with E-state index in [4.69, 9.17) is 9.47 Å². The Morgan fingerprint density at radius 1 is 1.28 bits per heavy atom. The largest absolute Gasteiger partial charge is 0.501 e. The zero-order chi connectivity index (χ0) is 23.2. The van der Waals surface area contributed by atoms with Gasteiger partial charge in [0.05, 0.1) is 18.4 Å². The molecule has 2 atom stereocenters. The Hall–Kier alpha value is -2.68. The van der Waals surface area contributed by atoms with E-state index in [0.29, 0.717) is 5.92 Å². The van der Waals surface area contributed by atoms with Crippen molar-refractivity contribution >= 4 is 16.8 Å². The Bertz CT molecular complexity index is 1070. The molecular formula is C29H37NO2. The standard InChI is InChI=1S/C29H37NO2/c1-9-25-23(16-20(4)31-8)22-13-14-24-26(19(3)17-29(5,6)30(24)7)27(22)28(32-25)21-12-10-11-18(2)15-21/h9,13-17,21,28H,1,10-12H2,2-8H3/b20-16+. The summed E-state index contributed by atoms with van der Waals surface area (Å²) in [7, 11) is 3.90. The number of ether oxygens (including phenoxy) is 2. The number of methoxy groups -OCH3 is 1. The highest BCUT2D eigenvalue weighted by atomic mass is 16.5. The Labute approximate surface area is 193 Å². The van der Waals surface area contributed by atoms with Crippen molar-refractivity contribution in [3.05, 3.63) is 76.8 Å². The Morgan fingerprint density at radius 2 is 2.03 bits per heavy atom. The van der Waals surface area contributed by atoms with Gasteiger partial charge in [0.15, 0.2) is 0 Å². The average molecular weight is 432 g/mol. The minimum absolute atomic E-state index is 0.0267. The lowest BCUT2D eigenvalue weighted by molar-refractivity contribution is 0.0788. The number of allylic oxidation sites excluding steroid dienone is 6. The Morgan fingerprint density at radius 3 is 2.69 bits per heavy atom. The van der Waals surface area contributed by atoms with Gasteiger partial charge in [-0.25, -0.2) is 0 Å². The van der Waals surface area contributed by atoms with E-state index >= 15 is 0 Å². The molecule has 1 aromatic rings. The second-order valence-corrected chi connectivity index (χ2v) is 10.0. The van der Waals surface area contributed by atoms with E-state index < -0.39 is 0 Å². The van der Waals surface area contributed by atoms with E-state index in [2.05, 4.69) is 76.6 Å². The number of fused-ring (bicyclic) bond motifs is 3. The van der Waals surface area contributed by atoms with Gasteiger partial charge in [0.2, 0.25) is 0 Å². The molecule has 3 nitrogen and oxygen atoms in total. The normalized spacial score (nSPS) is 24.7. The van der Waals surface area contributed by atoms with Crippen molar-refractivity contribution in [3.63, 3.8) is 0 Å². The van der Waals surface area contributed by atoms with Gasteiger partial charge in [-0.3, -0.25) is 0 Å². The number of benzene rings is 1. The first-order chi connectivity index (χ1) is 15.2. The maximum Gasteiger partial charge on any atom is 0.131 e. The maximum atomic E-state index is 6.78. The first-order valence-electron chi connectivity index (χ1n) is 11.7. The van der Waals surface area contributed by atoms with Gasteiger partial charge >= 0.3 is 0 Å². The lowest BCUT2D eigenvalue weighted by atomic mass is 9.76. The smallest absolute Gasteiger partial charge is 0.131 e. The molecule has 0 spiro atoms. The number of nitrogens with zero attached hydrogens (tertiary/aromatic N) is 1. The molecule has 0 saturated heterocycles. The molecule has 2 unspecified atom stereocenters. The van der Waals surface area contributed by atoms with Crippen LogP contribution in [0.5, 0.6) is 0 Å². The molecule has 0 amide bonds. The van der Waals surface area contributed by atoms with Crippen LogP contribution in [0.4, 0.5) is 5.69 Å². The molecule has 0 aromatic heterocycles. The van der Waals surface area contributed by atoms with Crippen LogP contribution in [-0.2, 0) is 9.47 Å². The number of likely N-dealkylation sites (N-methyl/N-ethyl adjacent to an activating group) is 1. The van der Waals surface area contributed by atoms with Gasteiger partial charge in [-0.2, -0.15) is 0 Å². The van der Waals surface area contributed by atoms with E-state index in [1.807, 2.05) is 13.0 Å².